The van der Waals surface area contributed by atoms with Crippen LogP contribution < -0.4 is 0 Å². The van der Waals surface area contributed by atoms with Gasteiger partial charge < -0.3 is 10.2 Å². The molecule has 2 bridgehead atoms. The molecule has 0 amide bonds. The summed E-state index contributed by atoms with van der Waals surface area (Å²) in [4.78, 5) is 13.4. The molecular formula is C8H9BrClNO3. The van der Waals surface area contributed by atoms with Crippen LogP contribution in [0.2, 0.25) is 0 Å². The molecule has 2 aliphatic heterocycles. The van der Waals surface area contributed by atoms with Crippen molar-refractivity contribution in [2.24, 2.45) is 10.9 Å². The Morgan fingerprint density at radius 1 is 1.71 bits per heavy atom. The summed E-state index contributed by atoms with van der Waals surface area (Å²) in [6.07, 6.45) is 1.16. The molecule has 0 aromatic carbocycles. The second-order valence-electron chi connectivity index (χ2n) is 3.71. The van der Waals surface area contributed by atoms with Crippen LogP contribution in [0.1, 0.15) is 6.42 Å². The number of rotatable bonds is 1. The highest BCUT2D eigenvalue weighted by molar-refractivity contribution is 9.09. The summed E-state index contributed by atoms with van der Waals surface area (Å²) < 4.78 is 0. The van der Waals surface area contributed by atoms with E-state index in [1.54, 1.807) is 6.21 Å². The number of hydrogen-bond donors (Lipinski definition) is 2. The minimum absolute atomic E-state index is 0.108. The third-order valence-electron chi connectivity index (χ3n) is 2.85. The average Bonchev–Trinajstić information content (AvgIpc) is 2.13. The van der Waals surface area contributed by atoms with E-state index in [2.05, 4.69) is 20.9 Å². The topological polar surface area (TPSA) is 69.9 Å². The van der Waals surface area contributed by atoms with Crippen LogP contribution in [0.5, 0.6) is 0 Å². The number of aliphatic carboxylic acids is 1. The Morgan fingerprint density at radius 3 is 2.86 bits per heavy atom. The van der Waals surface area contributed by atoms with Gasteiger partial charge in [0.2, 0.25) is 0 Å². The lowest BCUT2D eigenvalue weighted by Gasteiger charge is -2.46. The first-order valence-electron chi connectivity index (χ1n) is 4.24. The van der Waals surface area contributed by atoms with Gasteiger partial charge in [-0.2, -0.15) is 0 Å². The molecule has 3 aliphatic rings. The zero-order valence-corrected chi connectivity index (χ0v) is 9.44. The van der Waals surface area contributed by atoms with Gasteiger partial charge in [0, 0.05) is 12.1 Å². The van der Waals surface area contributed by atoms with Gasteiger partial charge in [0.15, 0.2) is 4.87 Å². The molecule has 0 saturated heterocycles. The molecule has 1 saturated carbocycles. The first-order chi connectivity index (χ1) is 6.47. The molecule has 2 heterocycles. The van der Waals surface area contributed by atoms with Gasteiger partial charge in [-0.1, -0.05) is 15.9 Å². The predicted molar refractivity (Wildman–Crippen MR) is 55.3 cm³/mol. The number of nitrogens with zero attached hydrogens (tertiary/aromatic N) is 1. The fourth-order valence-electron chi connectivity index (χ4n) is 2.03. The lowest BCUT2D eigenvalue weighted by Crippen LogP contribution is -2.62. The Bertz CT molecular complexity index is 311. The van der Waals surface area contributed by atoms with E-state index in [0.29, 0.717) is 6.42 Å². The fourth-order valence-corrected chi connectivity index (χ4v) is 3.01. The molecule has 0 spiro atoms. The lowest BCUT2D eigenvalue weighted by molar-refractivity contribution is -0.143. The monoisotopic (exact) mass is 281 g/mol. The number of aliphatic hydroxyl groups excluding tert-OH is 1. The predicted octanol–water partition coefficient (Wildman–Crippen LogP) is 0.646. The van der Waals surface area contributed by atoms with E-state index >= 15 is 0 Å². The Hall–Kier alpha value is -0.130. The van der Waals surface area contributed by atoms with Crippen molar-refractivity contribution in [1.82, 2.24) is 0 Å². The van der Waals surface area contributed by atoms with Crippen LogP contribution in [-0.4, -0.2) is 44.2 Å². The van der Waals surface area contributed by atoms with Gasteiger partial charge >= 0.3 is 5.97 Å². The molecule has 1 aliphatic carbocycles. The van der Waals surface area contributed by atoms with E-state index in [4.69, 9.17) is 16.7 Å². The van der Waals surface area contributed by atoms with Crippen molar-refractivity contribution in [3.63, 3.8) is 0 Å². The third kappa shape index (κ3) is 1.22. The Balaban J connectivity index is 2.38. The van der Waals surface area contributed by atoms with Crippen LogP contribution in [0.4, 0.5) is 0 Å². The van der Waals surface area contributed by atoms with E-state index < -0.39 is 23.0 Å². The van der Waals surface area contributed by atoms with E-state index in [9.17, 15) is 9.90 Å². The van der Waals surface area contributed by atoms with Crippen LogP contribution in [0.25, 0.3) is 0 Å². The summed E-state index contributed by atoms with van der Waals surface area (Å²) in [7, 11) is 0. The summed E-state index contributed by atoms with van der Waals surface area (Å²) in [5.74, 6) is -1.21. The van der Waals surface area contributed by atoms with Crippen molar-refractivity contribution in [3.8, 4) is 0 Å². The molecule has 2 N–H and O–H groups in total. The first-order valence-corrected chi connectivity index (χ1v) is 5.54. The summed E-state index contributed by atoms with van der Waals surface area (Å²) >= 11 is 9.29. The van der Waals surface area contributed by atoms with Gasteiger partial charge in [0.05, 0.1) is 10.9 Å². The molecular weight excluding hydrogens is 273 g/mol. The second kappa shape index (κ2) is 3.18. The average molecular weight is 283 g/mol. The minimum atomic E-state index is -1.44. The zero-order valence-electron chi connectivity index (χ0n) is 7.10. The third-order valence-corrected chi connectivity index (χ3v) is 4.61. The van der Waals surface area contributed by atoms with Crippen LogP contribution in [0.3, 0.4) is 0 Å². The SMILES string of the molecule is O=C(O)C1(Cl)CC2C=NC1C(O)C2Br. The zero-order chi connectivity index (χ0) is 10.5. The van der Waals surface area contributed by atoms with Crippen molar-refractivity contribution in [2.75, 3.05) is 0 Å². The maximum Gasteiger partial charge on any atom is 0.327 e. The number of fused-ring (bicyclic) bond motifs is 2. The molecule has 6 heteroatoms. The van der Waals surface area contributed by atoms with Gasteiger partial charge in [0.1, 0.15) is 6.04 Å². The number of carboxylic acid groups (broad SMARTS) is 1. The molecule has 5 unspecified atom stereocenters. The van der Waals surface area contributed by atoms with Crippen molar-refractivity contribution < 1.29 is 15.0 Å². The Labute approximate surface area is 94.1 Å². The minimum Gasteiger partial charge on any atom is -0.480 e. The highest BCUT2D eigenvalue weighted by atomic mass is 79.9. The maximum absolute atomic E-state index is 11.0. The maximum atomic E-state index is 11.0. The summed E-state index contributed by atoms with van der Waals surface area (Å²) in [5.41, 5.74) is 0. The summed E-state index contributed by atoms with van der Waals surface area (Å²) in [6, 6.07) is -0.754. The summed E-state index contributed by atoms with van der Waals surface area (Å²) in [5, 5.41) is 18.7. The quantitative estimate of drug-likeness (QED) is 0.694. The van der Waals surface area contributed by atoms with Crippen molar-refractivity contribution in [1.29, 1.82) is 0 Å². The number of carbonyl (C=O) groups is 1. The van der Waals surface area contributed by atoms with Gasteiger partial charge in [0.25, 0.3) is 0 Å². The van der Waals surface area contributed by atoms with Gasteiger partial charge in [-0.15, -0.1) is 11.6 Å². The Morgan fingerprint density at radius 2 is 2.36 bits per heavy atom. The number of aliphatic hydroxyl groups is 1. The highest BCUT2D eigenvalue weighted by Crippen LogP contribution is 2.45. The van der Waals surface area contributed by atoms with Crippen molar-refractivity contribution >= 4 is 39.7 Å². The highest BCUT2D eigenvalue weighted by Gasteiger charge is 2.58. The van der Waals surface area contributed by atoms with Gasteiger partial charge in [-0.05, 0) is 6.42 Å². The lowest BCUT2D eigenvalue weighted by atomic mass is 9.73. The van der Waals surface area contributed by atoms with Gasteiger partial charge in [-0.25, -0.2) is 0 Å². The molecule has 0 aromatic rings. The number of hydrogen-bond acceptors (Lipinski definition) is 3. The molecule has 4 nitrogen and oxygen atoms in total. The Kier molecular flexibility index (Phi) is 2.36. The molecule has 14 heavy (non-hydrogen) atoms. The molecule has 5 atom stereocenters. The van der Waals surface area contributed by atoms with E-state index in [1.807, 2.05) is 0 Å². The number of aliphatic imine (C=N–C) groups is 1. The van der Waals surface area contributed by atoms with Crippen LogP contribution in [0, 0.1) is 5.92 Å². The second-order valence-corrected chi connectivity index (χ2v) is 5.45. The standard InChI is InChI=1S/C8H9BrClNO3/c9-4-3-1-8(10,7(13)14)6(5(4)12)11-2-3/h2-6,12H,1H2,(H,13,14). The van der Waals surface area contributed by atoms with Crippen LogP contribution >= 0.6 is 27.5 Å². The molecule has 0 aromatic heterocycles. The summed E-state index contributed by atoms with van der Waals surface area (Å²) in [6.45, 7) is 0. The van der Waals surface area contributed by atoms with Crippen molar-refractivity contribution in [3.05, 3.63) is 0 Å². The number of carboxylic acids is 1. The molecule has 0 radical (unpaired) electrons. The van der Waals surface area contributed by atoms with E-state index in [1.165, 1.54) is 0 Å². The number of halogens is 2. The van der Waals surface area contributed by atoms with Crippen LogP contribution in [-0.2, 0) is 4.79 Å². The van der Waals surface area contributed by atoms with Crippen LogP contribution in [0.15, 0.2) is 4.99 Å². The molecule has 1 fully saturated rings. The van der Waals surface area contributed by atoms with Gasteiger partial charge in [-0.3, -0.25) is 9.79 Å². The van der Waals surface area contributed by atoms with E-state index in [0.717, 1.165) is 0 Å². The molecule has 3 rings (SSSR count). The smallest absolute Gasteiger partial charge is 0.327 e. The normalized spacial score (nSPS) is 50.8. The first kappa shape index (κ1) is 10.4. The largest absolute Gasteiger partial charge is 0.480 e. The number of alkyl halides is 2. The molecule has 78 valence electrons. The van der Waals surface area contributed by atoms with E-state index in [-0.39, 0.29) is 10.7 Å². The van der Waals surface area contributed by atoms with Crippen molar-refractivity contribution in [2.45, 2.75) is 28.3 Å². The fraction of sp³-hybridized carbons (Fsp3) is 0.750.